The molecular weight excluding hydrogens is 274 g/mol. The molecule has 0 unspecified atom stereocenters. The first kappa shape index (κ1) is 14.4. The number of methoxy groups -OCH3 is 1. The summed E-state index contributed by atoms with van der Waals surface area (Å²) in [6, 6.07) is 12.2. The molecule has 0 aliphatic carbocycles. The summed E-state index contributed by atoms with van der Waals surface area (Å²) in [5.41, 5.74) is 7.85. The summed E-state index contributed by atoms with van der Waals surface area (Å²) in [4.78, 5) is 0. The third-order valence-electron chi connectivity index (χ3n) is 4.17. The van der Waals surface area contributed by atoms with E-state index < -0.39 is 0 Å². The molecule has 22 heavy (non-hydrogen) atoms. The molecule has 0 radical (unpaired) electrons. The second-order valence-electron chi connectivity index (χ2n) is 5.54. The predicted octanol–water partition coefficient (Wildman–Crippen LogP) is 4.94. The van der Waals surface area contributed by atoms with Crippen LogP contribution < -0.4 is 4.74 Å². The smallest absolute Gasteiger partial charge is 0.132 e. The summed E-state index contributed by atoms with van der Waals surface area (Å²) in [5, 5.41) is 4.21. The van der Waals surface area contributed by atoms with Gasteiger partial charge in [0.25, 0.3) is 0 Å². The maximum Gasteiger partial charge on any atom is 0.132 e. The maximum absolute atomic E-state index is 5.24. The highest BCUT2D eigenvalue weighted by atomic mass is 16.5. The number of aryl methyl sites for hydroxylation is 2. The van der Waals surface area contributed by atoms with Gasteiger partial charge in [0, 0.05) is 11.1 Å². The van der Waals surface area contributed by atoms with Crippen molar-refractivity contribution in [2.24, 2.45) is 0 Å². The van der Waals surface area contributed by atoms with Crippen molar-refractivity contribution in [2.45, 2.75) is 20.8 Å². The molecule has 3 rings (SSSR count). The summed E-state index contributed by atoms with van der Waals surface area (Å²) in [5.74, 6) is 0.837. The SMILES string of the molecule is COc1ccc(-c2conc2-c2cc(C)c(C)c(C)c2)cc1. The van der Waals surface area contributed by atoms with Gasteiger partial charge in [0.05, 0.1) is 7.11 Å². The van der Waals surface area contributed by atoms with Crippen LogP contribution in [0, 0.1) is 20.8 Å². The number of ether oxygens (including phenoxy) is 1. The molecule has 0 amide bonds. The van der Waals surface area contributed by atoms with Crippen LogP contribution in [0.4, 0.5) is 0 Å². The van der Waals surface area contributed by atoms with Crippen molar-refractivity contribution < 1.29 is 9.26 Å². The monoisotopic (exact) mass is 293 g/mol. The molecule has 0 bridgehead atoms. The second kappa shape index (κ2) is 5.68. The minimum Gasteiger partial charge on any atom is -0.497 e. The Morgan fingerprint density at radius 3 is 2.14 bits per heavy atom. The second-order valence-corrected chi connectivity index (χ2v) is 5.54. The largest absolute Gasteiger partial charge is 0.497 e. The lowest BCUT2D eigenvalue weighted by Gasteiger charge is -2.09. The number of rotatable bonds is 3. The molecule has 0 saturated heterocycles. The van der Waals surface area contributed by atoms with Gasteiger partial charge in [-0.25, -0.2) is 0 Å². The lowest BCUT2D eigenvalue weighted by atomic mass is 9.96. The van der Waals surface area contributed by atoms with Crippen LogP contribution in [0.3, 0.4) is 0 Å². The lowest BCUT2D eigenvalue weighted by molar-refractivity contribution is 0.415. The average molecular weight is 293 g/mol. The molecule has 0 N–H and O–H groups in total. The summed E-state index contributed by atoms with van der Waals surface area (Å²) < 4.78 is 10.4. The fraction of sp³-hybridized carbons (Fsp3) is 0.211. The first-order valence-corrected chi connectivity index (χ1v) is 7.27. The van der Waals surface area contributed by atoms with E-state index in [2.05, 4.69) is 38.1 Å². The van der Waals surface area contributed by atoms with Crippen molar-refractivity contribution in [1.82, 2.24) is 5.16 Å². The molecule has 0 fully saturated rings. The maximum atomic E-state index is 5.24. The fourth-order valence-electron chi connectivity index (χ4n) is 2.59. The van der Waals surface area contributed by atoms with E-state index in [1.54, 1.807) is 13.4 Å². The van der Waals surface area contributed by atoms with Gasteiger partial charge in [-0.15, -0.1) is 0 Å². The fourth-order valence-corrected chi connectivity index (χ4v) is 2.59. The van der Waals surface area contributed by atoms with Gasteiger partial charge in [-0.1, -0.05) is 17.3 Å². The third-order valence-corrected chi connectivity index (χ3v) is 4.17. The Hall–Kier alpha value is -2.55. The Labute approximate surface area is 130 Å². The van der Waals surface area contributed by atoms with E-state index in [0.717, 1.165) is 28.1 Å². The van der Waals surface area contributed by atoms with Gasteiger partial charge in [-0.05, 0) is 67.3 Å². The zero-order valence-electron chi connectivity index (χ0n) is 13.3. The number of hydrogen-bond donors (Lipinski definition) is 0. The number of hydrogen-bond acceptors (Lipinski definition) is 3. The average Bonchev–Trinajstić information content (AvgIpc) is 3.01. The van der Waals surface area contributed by atoms with E-state index >= 15 is 0 Å². The Morgan fingerprint density at radius 1 is 0.909 bits per heavy atom. The van der Waals surface area contributed by atoms with Gasteiger partial charge in [0.15, 0.2) is 0 Å². The highest BCUT2D eigenvalue weighted by Crippen LogP contribution is 2.33. The molecular formula is C19H19NO2. The number of benzene rings is 2. The molecule has 2 aromatic carbocycles. The van der Waals surface area contributed by atoms with E-state index in [4.69, 9.17) is 9.26 Å². The van der Waals surface area contributed by atoms with Crippen LogP contribution in [0.25, 0.3) is 22.4 Å². The molecule has 3 aromatic rings. The number of aromatic nitrogens is 1. The van der Waals surface area contributed by atoms with Gasteiger partial charge in [0.2, 0.25) is 0 Å². The summed E-state index contributed by atoms with van der Waals surface area (Å²) >= 11 is 0. The third kappa shape index (κ3) is 2.50. The van der Waals surface area contributed by atoms with E-state index in [1.165, 1.54) is 16.7 Å². The minimum atomic E-state index is 0.837. The standard InChI is InChI=1S/C19H19NO2/c1-12-9-16(10-13(2)14(12)3)19-18(11-22-20-19)15-5-7-17(21-4)8-6-15/h5-11H,1-4H3. The van der Waals surface area contributed by atoms with Gasteiger partial charge < -0.3 is 9.26 Å². The normalized spacial score (nSPS) is 10.7. The van der Waals surface area contributed by atoms with Crippen LogP contribution in [0.2, 0.25) is 0 Å². The first-order chi connectivity index (χ1) is 10.6. The molecule has 3 nitrogen and oxygen atoms in total. The van der Waals surface area contributed by atoms with Gasteiger partial charge in [0.1, 0.15) is 17.7 Å². The molecule has 3 heteroatoms. The van der Waals surface area contributed by atoms with E-state index in [9.17, 15) is 0 Å². The van der Waals surface area contributed by atoms with Crippen LogP contribution in [-0.2, 0) is 0 Å². The van der Waals surface area contributed by atoms with Crippen LogP contribution in [-0.4, -0.2) is 12.3 Å². The van der Waals surface area contributed by atoms with Crippen LogP contribution in [0.5, 0.6) is 5.75 Å². The molecule has 0 spiro atoms. The van der Waals surface area contributed by atoms with Crippen molar-refractivity contribution in [1.29, 1.82) is 0 Å². The Bertz CT molecular complexity index is 778. The Balaban J connectivity index is 2.08. The topological polar surface area (TPSA) is 35.3 Å². The van der Waals surface area contributed by atoms with Crippen molar-refractivity contribution in [3.8, 4) is 28.1 Å². The van der Waals surface area contributed by atoms with E-state index in [1.807, 2.05) is 24.3 Å². The van der Waals surface area contributed by atoms with Crippen molar-refractivity contribution in [3.05, 3.63) is 59.4 Å². The highest BCUT2D eigenvalue weighted by molar-refractivity contribution is 5.80. The van der Waals surface area contributed by atoms with Crippen molar-refractivity contribution >= 4 is 0 Å². The van der Waals surface area contributed by atoms with Gasteiger partial charge >= 0.3 is 0 Å². The van der Waals surface area contributed by atoms with E-state index in [0.29, 0.717) is 0 Å². The quantitative estimate of drug-likeness (QED) is 0.686. The predicted molar refractivity (Wildman–Crippen MR) is 88.1 cm³/mol. The van der Waals surface area contributed by atoms with E-state index in [-0.39, 0.29) is 0 Å². The lowest BCUT2D eigenvalue weighted by Crippen LogP contribution is -1.90. The Morgan fingerprint density at radius 2 is 1.55 bits per heavy atom. The van der Waals surface area contributed by atoms with Crippen LogP contribution in [0.1, 0.15) is 16.7 Å². The first-order valence-electron chi connectivity index (χ1n) is 7.27. The summed E-state index contributed by atoms with van der Waals surface area (Å²) in [7, 11) is 1.66. The van der Waals surface area contributed by atoms with Crippen molar-refractivity contribution in [2.75, 3.05) is 7.11 Å². The van der Waals surface area contributed by atoms with Crippen molar-refractivity contribution in [3.63, 3.8) is 0 Å². The number of nitrogens with zero attached hydrogens (tertiary/aromatic N) is 1. The molecule has 1 aromatic heterocycles. The zero-order valence-corrected chi connectivity index (χ0v) is 13.3. The van der Waals surface area contributed by atoms with Gasteiger partial charge in [-0.2, -0.15) is 0 Å². The molecule has 0 aliphatic heterocycles. The van der Waals surface area contributed by atoms with Crippen LogP contribution >= 0.6 is 0 Å². The zero-order chi connectivity index (χ0) is 15.7. The van der Waals surface area contributed by atoms with Gasteiger partial charge in [-0.3, -0.25) is 0 Å². The minimum absolute atomic E-state index is 0.837. The molecule has 1 heterocycles. The Kier molecular flexibility index (Phi) is 3.72. The summed E-state index contributed by atoms with van der Waals surface area (Å²) in [6.45, 7) is 6.39. The molecule has 0 aliphatic rings. The van der Waals surface area contributed by atoms with Crippen LogP contribution in [0.15, 0.2) is 47.2 Å². The summed E-state index contributed by atoms with van der Waals surface area (Å²) in [6.07, 6.45) is 1.70. The highest BCUT2D eigenvalue weighted by Gasteiger charge is 2.14. The molecule has 0 saturated carbocycles. The molecule has 112 valence electrons. The molecule has 0 atom stereocenters.